The molecular weight excluding hydrogens is 243 g/mol. The predicted octanol–water partition coefficient (Wildman–Crippen LogP) is 3.38. The summed E-state index contributed by atoms with van der Waals surface area (Å²) in [4.78, 5) is 0. The Morgan fingerprint density at radius 1 is 1.22 bits per heavy atom. The first-order valence-electron chi connectivity index (χ1n) is 5.81. The van der Waals surface area contributed by atoms with Crippen LogP contribution in [0.1, 0.15) is 31.0 Å². The summed E-state index contributed by atoms with van der Waals surface area (Å²) in [6, 6.07) is 4.51. The highest BCUT2D eigenvalue weighted by Crippen LogP contribution is 2.30. The minimum atomic E-state index is -4.34. The average molecular weight is 261 g/mol. The maximum absolute atomic E-state index is 12.5. The number of hydrogen-bond acceptors (Lipinski definition) is 2. The second-order valence-electron chi connectivity index (χ2n) is 4.66. The van der Waals surface area contributed by atoms with E-state index in [2.05, 4.69) is 0 Å². The zero-order chi connectivity index (χ0) is 13.8. The van der Waals surface area contributed by atoms with Crippen molar-refractivity contribution in [1.82, 2.24) is 0 Å². The van der Waals surface area contributed by atoms with Crippen molar-refractivity contribution in [3.63, 3.8) is 0 Å². The molecule has 0 aromatic heterocycles. The summed E-state index contributed by atoms with van der Waals surface area (Å²) in [5.74, 6) is 0.374. The van der Waals surface area contributed by atoms with Crippen LogP contribution in [0.15, 0.2) is 24.3 Å². The summed E-state index contributed by atoms with van der Waals surface area (Å²) in [6.45, 7) is 4.76. The molecule has 0 aliphatic rings. The summed E-state index contributed by atoms with van der Waals surface area (Å²) in [5.41, 5.74) is 5.56. The van der Waals surface area contributed by atoms with E-state index < -0.39 is 17.8 Å². The van der Waals surface area contributed by atoms with Gasteiger partial charge in [-0.1, -0.05) is 26.0 Å². The highest BCUT2D eigenvalue weighted by molar-refractivity contribution is 5.27. The Morgan fingerprint density at radius 2 is 1.89 bits per heavy atom. The number of rotatable bonds is 5. The van der Waals surface area contributed by atoms with Crippen molar-refractivity contribution >= 4 is 0 Å². The molecule has 18 heavy (non-hydrogen) atoms. The molecule has 1 rings (SSSR count). The van der Waals surface area contributed by atoms with Gasteiger partial charge in [-0.05, 0) is 23.6 Å². The predicted molar refractivity (Wildman–Crippen MR) is 64.0 cm³/mol. The van der Waals surface area contributed by atoms with Crippen LogP contribution >= 0.6 is 0 Å². The van der Waals surface area contributed by atoms with Crippen LogP contribution in [-0.2, 0) is 10.9 Å². The summed E-state index contributed by atoms with van der Waals surface area (Å²) >= 11 is 0. The van der Waals surface area contributed by atoms with Crippen LogP contribution in [0.25, 0.3) is 0 Å². The zero-order valence-corrected chi connectivity index (χ0v) is 10.5. The van der Waals surface area contributed by atoms with Gasteiger partial charge in [0.2, 0.25) is 0 Å². The van der Waals surface area contributed by atoms with Crippen molar-refractivity contribution in [2.24, 2.45) is 11.7 Å². The Hall–Kier alpha value is -1.07. The molecule has 0 saturated heterocycles. The van der Waals surface area contributed by atoms with Gasteiger partial charge in [0.15, 0.2) is 0 Å². The van der Waals surface area contributed by atoms with E-state index in [1.54, 1.807) is 6.07 Å². The molecule has 1 aromatic rings. The Labute approximate surface area is 105 Å². The highest BCUT2D eigenvalue weighted by Gasteiger charge is 2.30. The molecule has 0 aliphatic carbocycles. The minimum Gasteiger partial charge on any atom is -0.379 e. The second-order valence-corrected chi connectivity index (χ2v) is 4.66. The third-order valence-corrected chi connectivity index (χ3v) is 2.39. The van der Waals surface area contributed by atoms with Crippen LogP contribution in [0.2, 0.25) is 0 Å². The van der Waals surface area contributed by atoms with Crippen molar-refractivity contribution in [2.75, 3.05) is 13.2 Å². The van der Waals surface area contributed by atoms with Gasteiger partial charge >= 0.3 is 6.18 Å². The van der Waals surface area contributed by atoms with Gasteiger partial charge in [-0.25, -0.2) is 0 Å². The van der Waals surface area contributed by atoms with Gasteiger partial charge in [0.1, 0.15) is 0 Å². The molecule has 1 unspecified atom stereocenters. The lowest BCUT2D eigenvalue weighted by Gasteiger charge is -2.15. The lowest BCUT2D eigenvalue weighted by atomic mass is 10.0. The molecule has 0 bridgehead atoms. The Morgan fingerprint density at radius 3 is 2.44 bits per heavy atom. The van der Waals surface area contributed by atoms with E-state index in [0.717, 1.165) is 12.1 Å². The normalized spacial score (nSPS) is 13.9. The largest absolute Gasteiger partial charge is 0.416 e. The molecule has 0 heterocycles. The molecule has 0 aliphatic heterocycles. The maximum Gasteiger partial charge on any atom is 0.416 e. The second kappa shape index (κ2) is 6.20. The van der Waals surface area contributed by atoms with E-state index in [4.69, 9.17) is 10.5 Å². The smallest absolute Gasteiger partial charge is 0.379 e. The Balaban J connectivity index is 2.66. The fourth-order valence-corrected chi connectivity index (χ4v) is 1.47. The summed E-state index contributed by atoms with van der Waals surface area (Å²) < 4.78 is 42.9. The third kappa shape index (κ3) is 4.66. The summed E-state index contributed by atoms with van der Waals surface area (Å²) in [6.07, 6.45) is -4.34. The van der Waals surface area contributed by atoms with Gasteiger partial charge in [-0.15, -0.1) is 0 Å². The standard InChI is InChI=1S/C13H18F3NO/c1-9(2)7-18-8-12(17)10-4-3-5-11(6-10)13(14,15)16/h3-6,9,12H,7-8,17H2,1-2H3. The van der Waals surface area contributed by atoms with Crippen LogP contribution in [0, 0.1) is 5.92 Å². The Bertz CT molecular complexity index is 377. The molecule has 2 N–H and O–H groups in total. The van der Waals surface area contributed by atoms with E-state index in [0.29, 0.717) is 18.1 Å². The first kappa shape index (κ1) is 15.0. The topological polar surface area (TPSA) is 35.2 Å². The van der Waals surface area contributed by atoms with E-state index in [1.165, 1.54) is 6.07 Å². The van der Waals surface area contributed by atoms with E-state index in [-0.39, 0.29) is 6.61 Å². The maximum atomic E-state index is 12.5. The molecule has 0 saturated carbocycles. The van der Waals surface area contributed by atoms with Gasteiger partial charge in [-0.3, -0.25) is 0 Å². The van der Waals surface area contributed by atoms with Crippen LogP contribution in [0.5, 0.6) is 0 Å². The van der Waals surface area contributed by atoms with E-state index >= 15 is 0 Å². The van der Waals surface area contributed by atoms with Crippen LogP contribution in [-0.4, -0.2) is 13.2 Å². The van der Waals surface area contributed by atoms with Crippen molar-refractivity contribution in [1.29, 1.82) is 0 Å². The quantitative estimate of drug-likeness (QED) is 0.881. The SMILES string of the molecule is CC(C)COCC(N)c1cccc(C(F)(F)F)c1. The van der Waals surface area contributed by atoms with Gasteiger partial charge in [0, 0.05) is 6.61 Å². The minimum absolute atomic E-state index is 0.222. The van der Waals surface area contributed by atoms with Crippen LogP contribution < -0.4 is 5.73 Å². The Kier molecular flexibility index (Phi) is 5.16. The fourth-order valence-electron chi connectivity index (χ4n) is 1.47. The molecule has 102 valence electrons. The summed E-state index contributed by atoms with van der Waals surface area (Å²) in [7, 11) is 0. The first-order valence-corrected chi connectivity index (χ1v) is 5.81. The number of halogens is 3. The summed E-state index contributed by atoms with van der Waals surface area (Å²) in [5, 5.41) is 0. The molecule has 0 fully saturated rings. The number of ether oxygens (including phenoxy) is 1. The first-order chi connectivity index (χ1) is 8.30. The third-order valence-electron chi connectivity index (χ3n) is 2.39. The monoisotopic (exact) mass is 261 g/mol. The molecule has 1 aromatic carbocycles. The molecule has 0 radical (unpaired) electrons. The highest BCUT2D eigenvalue weighted by atomic mass is 19.4. The number of nitrogens with two attached hydrogens (primary N) is 1. The van der Waals surface area contributed by atoms with Crippen molar-refractivity contribution in [3.8, 4) is 0 Å². The average Bonchev–Trinajstić information content (AvgIpc) is 2.27. The van der Waals surface area contributed by atoms with Crippen molar-refractivity contribution in [3.05, 3.63) is 35.4 Å². The number of benzene rings is 1. The molecule has 1 atom stereocenters. The number of hydrogen-bond donors (Lipinski definition) is 1. The lowest BCUT2D eigenvalue weighted by Crippen LogP contribution is -2.19. The van der Waals surface area contributed by atoms with E-state index in [9.17, 15) is 13.2 Å². The molecule has 5 heteroatoms. The molecule has 2 nitrogen and oxygen atoms in total. The fraction of sp³-hybridized carbons (Fsp3) is 0.538. The van der Waals surface area contributed by atoms with Gasteiger partial charge in [0.25, 0.3) is 0 Å². The van der Waals surface area contributed by atoms with Crippen molar-refractivity contribution in [2.45, 2.75) is 26.1 Å². The molecule has 0 spiro atoms. The number of alkyl halides is 3. The van der Waals surface area contributed by atoms with Crippen molar-refractivity contribution < 1.29 is 17.9 Å². The van der Waals surface area contributed by atoms with Gasteiger partial charge in [-0.2, -0.15) is 13.2 Å². The van der Waals surface area contributed by atoms with Crippen LogP contribution in [0.3, 0.4) is 0 Å². The molecular formula is C13H18F3NO. The van der Waals surface area contributed by atoms with E-state index in [1.807, 2.05) is 13.8 Å². The van der Waals surface area contributed by atoms with Gasteiger partial charge < -0.3 is 10.5 Å². The van der Waals surface area contributed by atoms with Crippen LogP contribution in [0.4, 0.5) is 13.2 Å². The molecule has 0 amide bonds. The lowest BCUT2D eigenvalue weighted by molar-refractivity contribution is -0.137. The van der Waals surface area contributed by atoms with Gasteiger partial charge in [0.05, 0.1) is 18.2 Å². The zero-order valence-electron chi connectivity index (χ0n) is 10.5.